The average Bonchev–Trinajstić information content (AvgIpc) is 2.67. The Labute approximate surface area is 167 Å². The molecular formula is C20H22N2O7. The summed E-state index contributed by atoms with van der Waals surface area (Å²) in [5, 5.41) is 13.4. The standard InChI is InChI=1S/C20H22N2O7/c1-12-5-7-17(13(2)9-12)28-11-19(23)29-14(3)20(24)21-16-10-15(22(25)26)6-8-18(16)27-4/h5-10,14H,11H2,1-4H3,(H,21,24)/t14-/m0/s1. The Hall–Kier alpha value is -3.62. The van der Waals surface area contributed by atoms with Crippen LogP contribution in [0.5, 0.6) is 11.5 Å². The van der Waals surface area contributed by atoms with E-state index in [0.29, 0.717) is 5.75 Å². The average molecular weight is 402 g/mol. The molecule has 154 valence electrons. The van der Waals surface area contributed by atoms with Gasteiger partial charge in [0, 0.05) is 12.1 Å². The van der Waals surface area contributed by atoms with Gasteiger partial charge in [0.1, 0.15) is 11.5 Å². The largest absolute Gasteiger partial charge is 0.495 e. The van der Waals surface area contributed by atoms with Crippen LogP contribution in [0.2, 0.25) is 0 Å². The van der Waals surface area contributed by atoms with Crippen molar-refractivity contribution in [2.45, 2.75) is 26.9 Å². The first kappa shape index (κ1) is 21.7. The van der Waals surface area contributed by atoms with Crippen molar-refractivity contribution < 1.29 is 28.7 Å². The lowest BCUT2D eigenvalue weighted by molar-refractivity contribution is -0.384. The van der Waals surface area contributed by atoms with Gasteiger partial charge < -0.3 is 19.5 Å². The molecule has 0 aliphatic heterocycles. The topological polar surface area (TPSA) is 117 Å². The number of aryl methyl sites for hydroxylation is 2. The number of rotatable bonds is 8. The van der Waals surface area contributed by atoms with Gasteiger partial charge in [0.2, 0.25) is 0 Å². The maximum Gasteiger partial charge on any atom is 0.344 e. The molecule has 1 N–H and O–H groups in total. The van der Waals surface area contributed by atoms with Gasteiger partial charge in [0.25, 0.3) is 11.6 Å². The van der Waals surface area contributed by atoms with Crippen LogP contribution in [0.25, 0.3) is 0 Å². The first-order valence-electron chi connectivity index (χ1n) is 8.74. The summed E-state index contributed by atoms with van der Waals surface area (Å²) in [5.41, 5.74) is 1.83. The molecule has 0 fully saturated rings. The number of anilines is 1. The number of hydrogen-bond acceptors (Lipinski definition) is 7. The van der Waals surface area contributed by atoms with Gasteiger partial charge in [-0.05, 0) is 38.5 Å². The second-order valence-electron chi connectivity index (χ2n) is 6.32. The highest BCUT2D eigenvalue weighted by molar-refractivity contribution is 5.96. The number of carbonyl (C=O) groups excluding carboxylic acids is 2. The molecule has 1 amide bonds. The molecule has 0 heterocycles. The van der Waals surface area contributed by atoms with Crippen molar-refractivity contribution in [2.75, 3.05) is 19.0 Å². The van der Waals surface area contributed by atoms with Gasteiger partial charge in [-0.3, -0.25) is 14.9 Å². The molecule has 0 radical (unpaired) electrons. The Morgan fingerprint density at radius 2 is 1.83 bits per heavy atom. The Morgan fingerprint density at radius 3 is 2.45 bits per heavy atom. The van der Waals surface area contributed by atoms with E-state index in [0.717, 1.165) is 17.2 Å². The second-order valence-corrected chi connectivity index (χ2v) is 6.32. The van der Waals surface area contributed by atoms with Crippen molar-refractivity contribution in [3.05, 3.63) is 57.6 Å². The van der Waals surface area contributed by atoms with Gasteiger partial charge >= 0.3 is 5.97 Å². The molecule has 9 heteroatoms. The first-order valence-corrected chi connectivity index (χ1v) is 8.74. The van der Waals surface area contributed by atoms with Gasteiger partial charge in [-0.1, -0.05) is 17.7 Å². The van der Waals surface area contributed by atoms with E-state index in [1.807, 2.05) is 26.0 Å². The van der Waals surface area contributed by atoms with E-state index in [2.05, 4.69) is 5.32 Å². The van der Waals surface area contributed by atoms with Gasteiger partial charge in [-0.25, -0.2) is 4.79 Å². The summed E-state index contributed by atoms with van der Waals surface area (Å²) in [6.45, 7) is 4.83. The number of ether oxygens (including phenoxy) is 3. The number of benzene rings is 2. The lowest BCUT2D eigenvalue weighted by Crippen LogP contribution is -2.31. The lowest BCUT2D eigenvalue weighted by Gasteiger charge is -2.15. The highest BCUT2D eigenvalue weighted by Crippen LogP contribution is 2.29. The summed E-state index contributed by atoms with van der Waals surface area (Å²) >= 11 is 0. The van der Waals surface area contributed by atoms with Crippen LogP contribution in [0.1, 0.15) is 18.1 Å². The fourth-order valence-corrected chi connectivity index (χ4v) is 2.52. The zero-order valence-electron chi connectivity index (χ0n) is 16.6. The smallest absolute Gasteiger partial charge is 0.344 e. The van der Waals surface area contributed by atoms with Crippen molar-refractivity contribution >= 4 is 23.3 Å². The molecule has 0 bridgehead atoms. The number of nitro groups is 1. The quantitative estimate of drug-likeness (QED) is 0.409. The third-order valence-electron chi connectivity index (χ3n) is 4.01. The van der Waals surface area contributed by atoms with Crippen molar-refractivity contribution in [3.63, 3.8) is 0 Å². The normalized spacial score (nSPS) is 11.3. The van der Waals surface area contributed by atoms with E-state index in [9.17, 15) is 19.7 Å². The van der Waals surface area contributed by atoms with Gasteiger partial charge in [0.15, 0.2) is 12.7 Å². The number of methoxy groups -OCH3 is 1. The van der Waals surface area contributed by atoms with Gasteiger partial charge in [-0.15, -0.1) is 0 Å². The monoisotopic (exact) mass is 402 g/mol. The van der Waals surface area contributed by atoms with E-state index in [-0.39, 0.29) is 23.7 Å². The fraction of sp³-hybridized carbons (Fsp3) is 0.300. The zero-order chi connectivity index (χ0) is 21.6. The van der Waals surface area contributed by atoms with E-state index in [1.54, 1.807) is 6.07 Å². The molecule has 0 unspecified atom stereocenters. The molecule has 0 aliphatic carbocycles. The lowest BCUT2D eigenvalue weighted by atomic mass is 10.1. The fourth-order valence-electron chi connectivity index (χ4n) is 2.52. The molecule has 2 aromatic carbocycles. The molecule has 0 aromatic heterocycles. The molecular weight excluding hydrogens is 380 g/mol. The van der Waals surface area contributed by atoms with Crippen molar-refractivity contribution in [2.24, 2.45) is 0 Å². The van der Waals surface area contributed by atoms with E-state index in [1.165, 1.54) is 26.2 Å². The van der Waals surface area contributed by atoms with Crippen LogP contribution in [-0.4, -0.2) is 36.6 Å². The highest BCUT2D eigenvalue weighted by Gasteiger charge is 2.21. The number of non-ortho nitro benzene ring substituents is 1. The molecule has 0 spiro atoms. The van der Waals surface area contributed by atoms with Crippen LogP contribution in [0.4, 0.5) is 11.4 Å². The van der Waals surface area contributed by atoms with Crippen molar-refractivity contribution in [1.82, 2.24) is 0 Å². The third kappa shape index (κ3) is 5.93. The Balaban J connectivity index is 1.95. The van der Waals surface area contributed by atoms with Gasteiger partial charge in [-0.2, -0.15) is 0 Å². The van der Waals surface area contributed by atoms with Crippen LogP contribution in [0, 0.1) is 24.0 Å². The van der Waals surface area contributed by atoms with E-state index in [4.69, 9.17) is 14.2 Å². The van der Waals surface area contributed by atoms with Crippen LogP contribution < -0.4 is 14.8 Å². The summed E-state index contributed by atoms with van der Waals surface area (Å²) in [6, 6.07) is 9.31. The number of nitrogens with one attached hydrogen (secondary N) is 1. The van der Waals surface area contributed by atoms with E-state index < -0.39 is 22.9 Å². The minimum atomic E-state index is -1.14. The van der Waals surface area contributed by atoms with Gasteiger partial charge in [0.05, 0.1) is 17.7 Å². The van der Waals surface area contributed by atoms with E-state index >= 15 is 0 Å². The molecule has 9 nitrogen and oxygen atoms in total. The first-order chi connectivity index (χ1) is 13.7. The minimum Gasteiger partial charge on any atom is -0.495 e. The highest BCUT2D eigenvalue weighted by atomic mass is 16.6. The Bertz CT molecular complexity index is 927. The van der Waals surface area contributed by atoms with Crippen LogP contribution in [0.15, 0.2) is 36.4 Å². The minimum absolute atomic E-state index is 0.0983. The molecule has 29 heavy (non-hydrogen) atoms. The summed E-state index contributed by atoms with van der Waals surface area (Å²) in [7, 11) is 1.37. The molecule has 1 atom stereocenters. The molecule has 0 aliphatic rings. The zero-order valence-corrected chi connectivity index (χ0v) is 16.6. The molecule has 0 saturated carbocycles. The van der Waals surface area contributed by atoms with Crippen LogP contribution >= 0.6 is 0 Å². The Morgan fingerprint density at radius 1 is 1.14 bits per heavy atom. The number of hydrogen-bond donors (Lipinski definition) is 1. The Kier molecular flexibility index (Phi) is 7.13. The maximum absolute atomic E-state index is 12.3. The summed E-state index contributed by atoms with van der Waals surface area (Å²) in [6.07, 6.45) is -1.14. The maximum atomic E-state index is 12.3. The van der Waals surface area contributed by atoms with Crippen LogP contribution in [-0.2, 0) is 14.3 Å². The summed E-state index contributed by atoms with van der Waals surface area (Å²) < 4.78 is 15.6. The number of nitrogens with zero attached hydrogens (tertiary/aromatic N) is 1. The van der Waals surface area contributed by atoms with Crippen molar-refractivity contribution in [1.29, 1.82) is 0 Å². The third-order valence-corrected chi connectivity index (χ3v) is 4.01. The summed E-state index contributed by atoms with van der Waals surface area (Å²) in [4.78, 5) is 34.6. The van der Waals surface area contributed by atoms with Crippen molar-refractivity contribution in [3.8, 4) is 11.5 Å². The second kappa shape index (κ2) is 9.54. The predicted molar refractivity (Wildman–Crippen MR) is 105 cm³/mol. The van der Waals surface area contributed by atoms with Crippen LogP contribution in [0.3, 0.4) is 0 Å². The summed E-state index contributed by atoms with van der Waals surface area (Å²) in [5.74, 6) is -0.603. The molecule has 0 saturated heterocycles. The number of esters is 1. The number of nitro benzene ring substituents is 1. The molecule has 2 rings (SSSR count). The molecule has 2 aromatic rings. The SMILES string of the molecule is COc1ccc([N+](=O)[O-])cc1NC(=O)[C@H](C)OC(=O)COc1ccc(C)cc1C. The number of carbonyl (C=O) groups is 2. The number of amides is 1. The predicted octanol–water partition coefficient (Wildman–Crippen LogP) is 3.17.